The fraction of sp³-hybridized carbons (Fsp3) is 0.500. The van der Waals surface area contributed by atoms with E-state index in [4.69, 9.17) is 32.5 Å². The average molecular weight is 188 g/mol. The van der Waals surface area contributed by atoms with Gasteiger partial charge in [-0.25, -0.2) is 0 Å². The maximum absolute atomic E-state index is 8.80. The van der Waals surface area contributed by atoms with Gasteiger partial charge in [-0.15, -0.1) is 0 Å². The van der Waals surface area contributed by atoms with Crippen molar-refractivity contribution < 1.29 is 0 Å². The van der Waals surface area contributed by atoms with Crippen molar-refractivity contribution in [1.82, 2.24) is 0 Å². The Balaban J connectivity index is 5.37. The van der Waals surface area contributed by atoms with E-state index in [1.165, 1.54) is 0 Å². The number of nitrogens with two attached hydrogens (primary N) is 2. The number of hydrogen-bond donors (Lipinski definition) is 2. The highest BCUT2D eigenvalue weighted by atomic mass is 14.8. The number of hydrogen-bond acceptors (Lipinski definition) is 6. The van der Waals surface area contributed by atoms with Gasteiger partial charge >= 0.3 is 0 Å². The van der Waals surface area contributed by atoms with E-state index in [1.54, 1.807) is 24.3 Å². The molecule has 0 aromatic heterocycles. The lowest BCUT2D eigenvalue weighted by atomic mass is 9.73. The second kappa shape index (κ2) is 4.80. The van der Waals surface area contributed by atoms with E-state index in [0.29, 0.717) is 0 Å². The van der Waals surface area contributed by atoms with Gasteiger partial charge in [-0.2, -0.15) is 21.0 Å². The highest BCUT2D eigenvalue weighted by Crippen LogP contribution is 2.28. The molecule has 14 heavy (non-hydrogen) atoms. The minimum Gasteiger partial charge on any atom is -0.329 e. The van der Waals surface area contributed by atoms with E-state index in [9.17, 15) is 0 Å². The van der Waals surface area contributed by atoms with Crippen LogP contribution in [0.5, 0.6) is 0 Å². The Hall–Kier alpha value is -2.12. The summed E-state index contributed by atoms with van der Waals surface area (Å²) >= 11 is 0. The van der Waals surface area contributed by atoms with Crippen molar-refractivity contribution in [1.29, 1.82) is 21.0 Å². The molecule has 0 spiro atoms. The van der Waals surface area contributed by atoms with E-state index in [-0.39, 0.29) is 6.54 Å². The Bertz CT molecular complexity index is 331. The van der Waals surface area contributed by atoms with Crippen LogP contribution in [0, 0.1) is 56.7 Å². The largest absolute Gasteiger partial charge is 0.329 e. The molecule has 70 valence electrons. The Kier molecular flexibility index (Phi) is 4.07. The number of nitriles is 4. The molecule has 0 saturated carbocycles. The first-order valence-corrected chi connectivity index (χ1v) is 3.70. The first-order chi connectivity index (χ1) is 6.62. The molecule has 0 aromatic carbocycles. The van der Waals surface area contributed by atoms with Crippen LogP contribution in [0.2, 0.25) is 0 Å². The van der Waals surface area contributed by atoms with Crippen molar-refractivity contribution >= 4 is 0 Å². The van der Waals surface area contributed by atoms with Crippen LogP contribution in [-0.2, 0) is 0 Å². The molecule has 0 amide bonds. The molecule has 0 aliphatic carbocycles. The van der Waals surface area contributed by atoms with E-state index >= 15 is 0 Å². The summed E-state index contributed by atoms with van der Waals surface area (Å²) in [5.74, 6) is -1.39. The molecular weight excluding hydrogens is 180 g/mol. The Morgan fingerprint density at radius 2 is 1.50 bits per heavy atom. The summed E-state index contributed by atoms with van der Waals surface area (Å²) in [6, 6.07) is 5.34. The Morgan fingerprint density at radius 3 is 1.71 bits per heavy atom. The molecule has 0 radical (unpaired) electrons. The van der Waals surface area contributed by atoms with Crippen LogP contribution in [0.3, 0.4) is 0 Å². The third-order valence-corrected chi connectivity index (χ3v) is 1.92. The molecule has 0 aliphatic heterocycles. The Morgan fingerprint density at radius 1 is 1.07 bits per heavy atom. The van der Waals surface area contributed by atoms with Crippen molar-refractivity contribution in [3.63, 3.8) is 0 Å². The molecule has 1 atom stereocenters. The molecule has 0 aromatic rings. The molecule has 0 bridgehead atoms. The van der Waals surface area contributed by atoms with Gasteiger partial charge in [0.05, 0.1) is 30.3 Å². The zero-order valence-electron chi connectivity index (χ0n) is 7.31. The SMILES string of the molecule is N#CC(C#N)C(C#N)(C#N)C(N)CN. The minimum absolute atomic E-state index is 0.138. The molecule has 0 rings (SSSR count). The molecular formula is C8H8N6. The molecule has 6 heteroatoms. The fourth-order valence-corrected chi connectivity index (χ4v) is 0.952. The average Bonchev–Trinajstić information content (AvgIpc) is 2.25. The lowest BCUT2D eigenvalue weighted by Gasteiger charge is -2.24. The summed E-state index contributed by atoms with van der Waals surface area (Å²) in [6.45, 7) is -0.138. The van der Waals surface area contributed by atoms with Gasteiger partial charge in [0.1, 0.15) is 0 Å². The predicted molar refractivity (Wildman–Crippen MR) is 45.4 cm³/mol. The highest BCUT2D eigenvalue weighted by Gasteiger charge is 2.45. The van der Waals surface area contributed by atoms with Gasteiger partial charge in [-0.1, -0.05) is 0 Å². The first-order valence-electron chi connectivity index (χ1n) is 3.70. The molecule has 4 N–H and O–H groups in total. The molecule has 1 unspecified atom stereocenters. The topological polar surface area (TPSA) is 147 Å². The second-order valence-corrected chi connectivity index (χ2v) is 2.63. The van der Waals surface area contributed by atoms with Crippen molar-refractivity contribution in [2.24, 2.45) is 22.8 Å². The summed E-state index contributed by atoms with van der Waals surface area (Å²) in [6.07, 6.45) is 0. The Labute approximate surface area is 81.5 Å². The van der Waals surface area contributed by atoms with Crippen LogP contribution in [0.4, 0.5) is 0 Å². The third-order valence-electron chi connectivity index (χ3n) is 1.92. The van der Waals surface area contributed by atoms with E-state index in [2.05, 4.69) is 0 Å². The predicted octanol–water partition coefficient (Wildman–Crippen LogP) is -1.03. The highest BCUT2D eigenvalue weighted by molar-refractivity contribution is 5.29. The van der Waals surface area contributed by atoms with Gasteiger partial charge in [0, 0.05) is 6.54 Å². The lowest BCUT2D eigenvalue weighted by Crippen LogP contribution is -2.48. The molecule has 0 heterocycles. The summed E-state index contributed by atoms with van der Waals surface area (Å²) in [5, 5.41) is 34.8. The third kappa shape index (κ3) is 1.63. The van der Waals surface area contributed by atoms with Crippen molar-refractivity contribution in [2.45, 2.75) is 6.04 Å². The van der Waals surface area contributed by atoms with Gasteiger partial charge in [0.15, 0.2) is 11.3 Å². The van der Waals surface area contributed by atoms with Crippen molar-refractivity contribution in [2.75, 3.05) is 6.54 Å². The summed E-state index contributed by atoms with van der Waals surface area (Å²) in [4.78, 5) is 0. The molecule has 6 nitrogen and oxygen atoms in total. The lowest BCUT2D eigenvalue weighted by molar-refractivity contribution is 0.368. The number of rotatable bonds is 3. The summed E-state index contributed by atoms with van der Waals surface area (Å²) in [7, 11) is 0. The van der Waals surface area contributed by atoms with Gasteiger partial charge in [-0.3, -0.25) is 0 Å². The summed E-state index contributed by atoms with van der Waals surface area (Å²) in [5.41, 5.74) is 8.81. The van der Waals surface area contributed by atoms with Gasteiger partial charge in [0.2, 0.25) is 0 Å². The first kappa shape index (κ1) is 11.9. The van der Waals surface area contributed by atoms with Crippen LogP contribution >= 0.6 is 0 Å². The van der Waals surface area contributed by atoms with Crippen LogP contribution in [0.15, 0.2) is 0 Å². The van der Waals surface area contributed by atoms with Crippen LogP contribution in [-0.4, -0.2) is 12.6 Å². The smallest absolute Gasteiger partial charge is 0.188 e. The quantitative estimate of drug-likeness (QED) is 0.578. The monoisotopic (exact) mass is 188 g/mol. The van der Waals surface area contributed by atoms with Crippen molar-refractivity contribution in [3.8, 4) is 24.3 Å². The second-order valence-electron chi connectivity index (χ2n) is 2.63. The van der Waals surface area contributed by atoms with E-state index < -0.39 is 17.4 Å². The van der Waals surface area contributed by atoms with Crippen LogP contribution < -0.4 is 11.5 Å². The maximum Gasteiger partial charge on any atom is 0.188 e. The van der Waals surface area contributed by atoms with E-state index in [1.807, 2.05) is 0 Å². The van der Waals surface area contributed by atoms with Gasteiger partial charge in [0.25, 0.3) is 0 Å². The van der Waals surface area contributed by atoms with E-state index in [0.717, 1.165) is 0 Å². The zero-order chi connectivity index (χ0) is 11.2. The van der Waals surface area contributed by atoms with Crippen LogP contribution in [0.1, 0.15) is 0 Å². The fourth-order valence-electron chi connectivity index (χ4n) is 0.952. The van der Waals surface area contributed by atoms with Crippen molar-refractivity contribution in [3.05, 3.63) is 0 Å². The zero-order valence-corrected chi connectivity index (χ0v) is 7.31. The maximum atomic E-state index is 8.80. The normalized spacial score (nSPS) is 11.9. The minimum atomic E-state index is -1.85. The van der Waals surface area contributed by atoms with Gasteiger partial charge < -0.3 is 11.5 Å². The number of nitrogens with zero attached hydrogens (tertiary/aromatic N) is 4. The molecule has 0 aliphatic rings. The summed E-state index contributed by atoms with van der Waals surface area (Å²) < 4.78 is 0. The molecule has 0 saturated heterocycles. The van der Waals surface area contributed by atoms with Gasteiger partial charge in [-0.05, 0) is 0 Å². The standard InChI is InChI=1S/C8H8N6/c9-1-6(2-10)8(4-12,5-13)7(14)3-11/h6-7H,3,11,14H2. The van der Waals surface area contributed by atoms with Crippen LogP contribution in [0.25, 0.3) is 0 Å². The molecule has 0 fully saturated rings.